The molecule has 3 rings (SSSR count). The lowest BCUT2D eigenvalue weighted by molar-refractivity contribution is -0.150. The van der Waals surface area contributed by atoms with Crippen LogP contribution in [0.15, 0.2) is 53.4 Å². The van der Waals surface area contributed by atoms with E-state index in [4.69, 9.17) is 4.74 Å². The monoisotopic (exact) mass is 469 g/mol. The molecule has 0 N–H and O–H groups in total. The summed E-state index contributed by atoms with van der Waals surface area (Å²) >= 11 is 0. The first kappa shape index (κ1) is 23.9. The number of esters is 1. The van der Waals surface area contributed by atoms with Crippen molar-refractivity contribution >= 4 is 21.8 Å². The largest absolute Gasteiger partial charge is 0.460 e. The molecule has 1 saturated heterocycles. The number of Topliss-reactive ketones (excluding diaryl/α,β-unsaturated/α-hetero) is 1. The Morgan fingerprint density at radius 1 is 1.09 bits per heavy atom. The van der Waals surface area contributed by atoms with E-state index in [2.05, 4.69) is 0 Å². The first-order valence-electron chi connectivity index (χ1n) is 9.96. The number of rotatable bonds is 6. The minimum Gasteiger partial charge on any atom is -0.460 e. The van der Waals surface area contributed by atoms with Crippen LogP contribution >= 0.6 is 0 Å². The van der Waals surface area contributed by atoms with Crippen LogP contribution < -0.4 is 0 Å². The summed E-state index contributed by atoms with van der Waals surface area (Å²) in [5.41, 5.74) is -0.347. The molecule has 1 heterocycles. The number of carbonyl (C=O) groups excluding carboxylic acids is 2. The molecule has 1 aliphatic heterocycles. The van der Waals surface area contributed by atoms with Gasteiger partial charge in [-0.15, -0.1) is 0 Å². The quantitative estimate of drug-likeness (QED) is 0.468. The van der Waals surface area contributed by atoms with E-state index < -0.39 is 40.4 Å². The van der Waals surface area contributed by atoms with Gasteiger partial charge in [0.15, 0.2) is 5.78 Å². The normalized spacial score (nSPS) is 17.7. The van der Waals surface area contributed by atoms with Gasteiger partial charge in [0.1, 0.15) is 12.6 Å². The van der Waals surface area contributed by atoms with Crippen molar-refractivity contribution < 1.29 is 35.9 Å². The molecule has 1 fully saturated rings. The van der Waals surface area contributed by atoms with Crippen molar-refractivity contribution in [3.8, 4) is 0 Å². The molecule has 2 aromatic carbocycles. The van der Waals surface area contributed by atoms with Crippen LogP contribution in [0.3, 0.4) is 0 Å². The van der Waals surface area contributed by atoms with Crippen LogP contribution in [0, 0.1) is 0 Å². The molecule has 1 atom stereocenters. The highest BCUT2D eigenvalue weighted by Gasteiger charge is 2.38. The zero-order chi connectivity index (χ0) is 23.5. The Morgan fingerprint density at radius 2 is 1.78 bits per heavy atom. The van der Waals surface area contributed by atoms with E-state index in [-0.39, 0.29) is 29.2 Å². The van der Waals surface area contributed by atoms with Crippen molar-refractivity contribution in [3.63, 3.8) is 0 Å². The molecule has 32 heavy (non-hydrogen) atoms. The van der Waals surface area contributed by atoms with Crippen molar-refractivity contribution in [2.24, 2.45) is 0 Å². The number of sulfonamides is 1. The second-order valence-electron chi connectivity index (χ2n) is 7.51. The minimum atomic E-state index is -4.52. The summed E-state index contributed by atoms with van der Waals surface area (Å²) in [5.74, 6) is -1.02. The average molecular weight is 469 g/mol. The zero-order valence-corrected chi connectivity index (χ0v) is 18.1. The van der Waals surface area contributed by atoms with Crippen molar-refractivity contribution in [2.75, 3.05) is 6.54 Å². The predicted molar refractivity (Wildman–Crippen MR) is 109 cm³/mol. The fourth-order valence-electron chi connectivity index (χ4n) is 3.51. The molecule has 2 aromatic rings. The van der Waals surface area contributed by atoms with Crippen LogP contribution in [0.25, 0.3) is 0 Å². The molecule has 6 nitrogen and oxygen atoms in total. The molecule has 0 saturated carbocycles. The summed E-state index contributed by atoms with van der Waals surface area (Å²) in [7, 11) is -4.04. The minimum absolute atomic E-state index is 0.0555. The van der Waals surface area contributed by atoms with Gasteiger partial charge < -0.3 is 4.74 Å². The van der Waals surface area contributed by atoms with Crippen LogP contribution in [-0.4, -0.2) is 37.1 Å². The van der Waals surface area contributed by atoms with Gasteiger partial charge in [-0.05, 0) is 56.0 Å². The summed E-state index contributed by atoms with van der Waals surface area (Å²) in [4.78, 5) is 24.1. The lowest BCUT2D eigenvalue weighted by Gasteiger charge is -2.33. The highest BCUT2D eigenvalue weighted by Crippen LogP contribution is 2.30. The Hall–Kier alpha value is -2.72. The second kappa shape index (κ2) is 9.41. The number of hydrogen-bond donors (Lipinski definition) is 0. The van der Waals surface area contributed by atoms with Crippen LogP contribution in [0.2, 0.25) is 0 Å². The van der Waals surface area contributed by atoms with Gasteiger partial charge in [0.25, 0.3) is 0 Å². The maximum absolute atomic E-state index is 13.1. The number of alkyl halides is 3. The number of carbonyl (C=O) groups is 2. The van der Waals surface area contributed by atoms with Gasteiger partial charge in [0, 0.05) is 12.1 Å². The third kappa shape index (κ3) is 5.36. The summed E-state index contributed by atoms with van der Waals surface area (Å²) in [6.45, 7) is 1.07. The van der Waals surface area contributed by atoms with E-state index in [1.165, 1.54) is 43.3 Å². The Morgan fingerprint density at radius 3 is 2.41 bits per heavy atom. The van der Waals surface area contributed by atoms with Crippen LogP contribution in [0.4, 0.5) is 13.2 Å². The standard InChI is InChI=1S/C22H22F3NO5S/c1-15(27)17-8-10-19(11-9-17)32(29,30)26-12-3-2-7-20(26)21(28)31-14-16-5-4-6-18(13-16)22(23,24)25/h4-6,8-11,13,20H,2-3,7,12,14H2,1H3. The lowest BCUT2D eigenvalue weighted by Crippen LogP contribution is -2.48. The highest BCUT2D eigenvalue weighted by molar-refractivity contribution is 7.89. The zero-order valence-electron chi connectivity index (χ0n) is 17.3. The van der Waals surface area contributed by atoms with Gasteiger partial charge in [-0.25, -0.2) is 8.42 Å². The Balaban J connectivity index is 1.76. The predicted octanol–water partition coefficient (Wildman–Crippen LogP) is 4.19. The van der Waals surface area contributed by atoms with Gasteiger partial charge in [-0.1, -0.05) is 24.3 Å². The van der Waals surface area contributed by atoms with E-state index in [0.29, 0.717) is 18.4 Å². The molecule has 0 radical (unpaired) electrons. The second-order valence-corrected chi connectivity index (χ2v) is 9.40. The molecule has 1 unspecified atom stereocenters. The summed E-state index contributed by atoms with van der Waals surface area (Å²) < 4.78 is 71.1. The van der Waals surface area contributed by atoms with Gasteiger partial charge in [-0.2, -0.15) is 17.5 Å². The molecule has 0 aliphatic carbocycles. The Bertz CT molecular complexity index is 1100. The molecule has 0 spiro atoms. The van der Waals surface area contributed by atoms with Gasteiger partial charge in [0.2, 0.25) is 10.0 Å². The summed E-state index contributed by atoms with van der Waals surface area (Å²) in [6, 6.07) is 8.77. The number of ketones is 1. The molecule has 1 aliphatic rings. The maximum atomic E-state index is 13.1. The molecule has 172 valence electrons. The first-order chi connectivity index (χ1) is 15.0. The number of hydrogen-bond acceptors (Lipinski definition) is 5. The van der Waals surface area contributed by atoms with E-state index in [0.717, 1.165) is 16.4 Å². The first-order valence-corrected chi connectivity index (χ1v) is 11.4. The van der Waals surface area contributed by atoms with Gasteiger partial charge in [-0.3, -0.25) is 9.59 Å². The molecule has 0 aromatic heterocycles. The number of piperidine rings is 1. The summed E-state index contributed by atoms with van der Waals surface area (Å²) in [5, 5.41) is 0. The van der Waals surface area contributed by atoms with Gasteiger partial charge >= 0.3 is 12.1 Å². The fourth-order valence-corrected chi connectivity index (χ4v) is 5.16. The van der Waals surface area contributed by atoms with E-state index in [1.54, 1.807) is 0 Å². The van der Waals surface area contributed by atoms with Crippen molar-refractivity contribution in [2.45, 2.75) is 49.9 Å². The summed E-state index contributed by atoms with van der Waals surface area (Å²) in [6.07, 6.45) is -3.11. The number of benzene rings is 2. The third-order valence-electron chi connectivity index (χ3n) is 5.23. The third-order valence-corrected chi connectivity index (χ3v) is 7.15. The fraction of sp³-hybridized carbons (Fsp3) is 0.364. The van der Waals surface area contributed by atoms with Crippen molar-refractivity contribution in [1.82, 2.24) is 4.31 Å². The van der Waals surface area contributed by atoms with E-state index in [9.17, 15) is 31.2 Å². The number of ether oxygens (including phenoxy) is 1. The number of nitrogens with zero attached hydrogens (tertiary/aromatic N) is 1. The Kier molecular flexibility index (Phi) is 7.04. The molecular weight excluding hydrogens is 447 g/mol. The Labute approximate surface area is 184 Å². The smallest absolute Gasteiger partial charge is 0.416 e. The number of halogens is 3. The van der Waals surface area contributed by atoms with E-state index in [1.807, 2.05) is 0 Å². The SMILES string of the molecule is CC(=O)c1ccc(S(=O)(=O)N2CCCCC2C(=O)OCc2cccc(C(F)(F)F)c2)cc1. The van der Waals surface area contributed by atoms with Crippen LogP contribution in [-0.2, 0) is 32.3 Å². The topological polar surface area (TPSA) is 80.8 Å². The maximum Gasteiger partial charge on any atom is 0.416 e. The van der Waals surface area contributed by atoms with Crippen molar-refractivity contribution in [1.29, 1.82) is 0 Å². The van der Waals surface area contributed by atoms with Crippen LogP contribution in [0.1, 0.15) is 47.7 Å². The molecule has 0 bridgehead atoms. The molecule has 10 heteroatoms. The lowest BCUT2D eigenvalue weighted by atomic mass is 10.1. The molecule has 0 amide bonds. The van der Waals surface area contributed by atoms with Crippen LogP contribution in [0.5, 0.6) is 0 Å². The van der Waals surface area contributed by atoms with Gasteiger partial charge in [0.05, 0.1) is 10.5 Å². The van der Waals surface area contributed by atoms with Crippen molar-refractivity contribution in [3.05, 3.63) is 65.2 Å². The average Bonchev–Trinajstić information content (AvgIpc) is 2.77. The van der Waals surface area contributed by atoms with E-state index >= 15 is 0 Å². The highest BCUT2D eigenvalue weighted by atomic mass is 32.2. The molecular formula is C22H22F3NO5S.